The van der Waals surface area contributed by atoms with Gasteiger partial charge in [-0.3, -0.25) is 0 Å². The third-order valence-electron chi connectivity index (χ3n) is 3.13. The number of nitrogens with one attached hydrogen (secondary N) is 1. The number of carbonyl (C=O) groups is 1. The van der Waals surface area contributed by atoms with Crippen molar-refractivity contribution in [3.8, 4) is 5.75 Å². The van der Waals surface area contributed by atoms with Crippen molar-refractivity contribution in [2.75, 3.05) is 6.61 Å². The molecule has 1 amide bonds. The fourth-order valence-electron chi connectivity index (χ4n) is 2.13. The number of halogens is 5. The molecule has 9 heteroatoms. The zero-order valence-electron chi connectivity index (χ0n) is 11.7. The molecule has 0 aromatic heterocycles. The molecule has 1 aliphatic heterocycles. The molecular weight excluding hydrogens is 330 g/mol. The first-order chi connectivity index (χ1) is 9.58. The van der Waals surface area contributed by atoms with Crippen LogP contribution in [0.25, 0.3) is 0 Å². The molecule has 0 unspecified atom stereocenters. The van der Waals surface area contributed by atoms with Gasteiger partial charge < -0.3 is 14.8 Å². The van der Waals surface area contributed by atoms with Gasteiger partial charge >= 0.3 is 12.5 Å². The van der Waals surface area contributed by atoms with E-state index in [2.05, 4.69) is 10.1 Å². The number of amides is 1. The van der Waals surface area contributed by atoms with E-state index < -0.39 is 35.5 Å². The first kappa shape index (κ1) is 18.3. The second-order valence-electron chi connectivity index (χ2n) is 5.38. The maximum absolute atomic E-state index is 13.7. The number of ether oxygens (including phenoxy) is 2. The van der Waals surface area contributed by atoms with Crippen molar-refractivity contribution >= 4 is 18.5 Å². The summed E-state index contributed by atoms with van der Waals surface area (Å²) in [5.41, 5.74) is -0.198. The highest BCUT2D eigenvalue weighted by atomic mass is 35.5. The van der Waals surface area contributed by atoms with Gasteiger partial charge in [0.05, 0.1) is 6.04 Å². The van der Waals surface area contributed by atoms with E-state index in [-0.39, 0.29) is 19.0 Å². The van der Waals surface area contributed by atoms with Crippen LogP contribution in [0.1, 0.15) is 25.5 Å². The van der Waals surface area contributed by atoms with Crippen LogP contribution in [0.2, 0.25) is 0 Å². The standard InChI is InChI=1S/C13H13F4NO3.ClH/c1-12(2)6-20-11(19)18-10(12)7-3-4-9(8(14)5-7)21-13(15,16)17;/h3-5,10H,6H2,1-2H3,(H,18,19);1H/t10-;/m0./s1. The van der Waals surface area contributed by atoms with Gasteiger partial charge in [-0.25, -0.2) is 9.18 Å². The average Bonchev–Trinajstić information content (AvgIpc) is 2.33. The summed E-state index contributed by atoms with van der Waals surface area (Å²) in [4.78, 5) is 11.3. The highest BCUT2D eigenvalue weighted by Crippen LogP contribution is 2.38. The molecule has 1 atom stereocenters. The molecule has 2 rings (SSSR count). The molecule has 1 N–H and O–H groups in total. The van der Waals surface area contributed by atoms with Gasteiger partial charge in [0.15, 0.2) is 11.6 Å². The van der Waals surface area contributed by atoms with E-state index in [0.717, 1.165) is 12.1 Å². The van der Waals surface area contributed by atoms with E-state index in [4.69, 9.17) is 4.74 Å². The fourth-order valence-corrected chi connectivity index (χ4v) is 2.13. The number of hydrogen-bond acceptors (Lipinski definition) is 3. The molecule has 1 fully saturated rings. The molecule has 4 nitrogen and oxygen atoms in total. The van der Waals surface area contributed by atoms with Crippen LogP contribution < -0.4 is 10.1 Å². The minimum Gasteiger partial charge on any atom is -0.449 e. The lowest BCUT2D eigenvalue weighted by Gasteiger charge is -2.38. The molecule has 1 saturated heterocycles. The monoisotopic (exact) mass is 343 g/mol. The third-order valence-corrected chi connectivity index (χ3v) is 3.13. The van der Waals surface area contributed by atoms with E-state index in [1.807, 2.05) is 0 Å². The van der Waals surface area contributed by atoms with Crippen molar-refractivity contribution < 1.29 is 31.8 Å². The predicted molar refractivity (Wildman–Crippen MR) is 71.3 cm³/mol. The second kappa shape index (κ2) is 6.20. The lowest BCUT2D eigenvalue weighted by Crippen LogP contribution is -2.46. The molecule has 22 heavy (non-hydrogen) atoms. The summed E-state index contributed by atoms with van der Waals surface area (Å²) in [5, 5.41) is 2.53. The summed E-state index contributed by atoms with van der Waals surface area (Å²) in [7, 11) is 0. The van der Waals surface area contributed by atoms with E-state index in [9.17, 15) is 22.4 Å². The number of alkyl halides is 3. The largest absolute Gasteiger partial charge is 0.573 e. The van der Waals surface area contributed by atoms with Gasteiger partial charge in [0.1, 0.15) is 6.61 Å². The minimum atomic E-state index is -4.96. The van der Waals surface area contributed by atoms with Crippen LogP contribution in [-0.2, 0) is 4.74 Å². The molecule has 0 aliphatic carbocycles. The van der Waals surface area contributed by atoms with E-state index >= 15 is 0 Å². The molecule has 1 heterocycles. The Kier molecular flexibility index (Phi) is 5.17. The topological polar surface area (TPSA) is 47.6 Å². The third kappa shape index (κ3) is 4.16. The summed E-state index contributed by atoms with van der Waals surface area (Å²) >= 11 is 0. The Labute approximate surface area is 130 Å². The maximum Gasteiger partial charge on any atom is 0.573 e. The summed E-state index contributed by atoms with van der Waals surface area (Å²) < 4.78 is 58.4. The Hall–Kier alpha value is -1.70. The average molecular weight is 344 g/mol. The molecule has 0 saturated carbocycles. The van der Waals surface area contributed by atoms with Crippen molar-refractivity contribution in [1.82, 2.24) is 5.32 Å². The van der Waals surface area contributed by atoms with Gasteiger partial charge in [-0.1, -0.05) is 19.9 Å². The fraction of sp³-hybridized carbons (Fsp3) is 0.462. The van der Waals surface area contributed by atoms with E-state index in [0.29, 0.717) is 5.56 Å². The quantitative estimate of drug-likeness (QED) is 0.827. The van der Waals surface area contributed by atoms with Crippen molar-refractivity contribution in [3.05, 3.63) is 29.6 Å². The normalized spacial score (nSPS) is 20.5. The zero-order chi connectivity index (χ0) is 15.8. The predicted octanol–water partition coefficient (Wildman–Crippen LogP) is 3.95. The highest BCUT2D eigenvalue weighted by molar-refractivity contribution is 5.85. The number of hydrogen-bond donors (Lipinski definition) is 1. The summed E-state index contributed by atoms with van der Waals surface area (Å²) in [6, 6.07) is 2.50. The number of benzene rings is 1. The Morgan fingerprint density at radius 2 is 2.00 bits per heavy atom. The molecule has 0 radical (unpaired) electrons. The number of alkyl carbamates (subject to hydrolysis) is 1. The van der Waals surface area contributed by atoms with E-state index in [1.54, 1.807) is 13.8 Å². The second-order valence-corrected chi connectivity index (χ2v) is 5.38. The SMILES string of the molecule is CC1(C)COC(=O)N[C@H]1c1ccc(OC(F)(F)F)c(F)c1.Cl. The lowest BCUT2D eigenvalue weighted by atomic mass is 9.80. The molecular formula is C13H14ClF4NO3. The number of cyclic esters (lactones) is 1. The van der Waals surface area contributed by atoms with Crippen molar-refractivity contribution in [2.45, 2.75) is 26.3 Å². The van der Waals surface area contributed by atoms with Crippen LogP contribution in [0.5, 0.6) is 5.75 Å². The van der Waals surface area contributed by atoms with Gasteiger partial charge in [-0.05, 0) is 17.7 Å². The van der Waals surface area contributed by atoms with Crippen molar-refractivity contribution in [1.29, 1.82) is 0 Å². The smallest absolute Gasteiger partial charge is 0.449 e. The van der Waals surface area contributed by atoms with Crippen LogP contribution in [0.15, 0.2) is 18.2 Å². The van der Waals surface area contributed by atoms with Crippen LogP contribution in [0.3, 0.4) is 0 Å². The van der Waals surface area contributed by atoms with Gasteiger partial charge in [0.25, 0.3) is 0 Å². The van der Waals surface area contributed by atoms with Crippen molar-refractivity contribution in [3.63, 3.8) is 0 Å². The molecule has 1 aromatic carbocycles. The number of rotatable bonds is 2. The van der Waals surface area contributed by atoms with Crippen LogP contribution >= 0.6 is 12.4 Å². The van der Waals surface area contributed by atoms with Gasteiger partial charge in [-0.15, -0.1) is 25.6 Å². The lowest BCUT2D eigenvalue weighted by molar-refractivity contribution is -0.275. The van der Waals surface area contributed by atoms with Crippen LogP contribution in [0, 0.1) is 11.2 Å². The summed E-state index contributed by atoms with van der Waals surface area (Å²) in [6.45, 7) is 3.69. The molecule has 124 valence electrons. The molecule has 0 bridgehead atoms. The summed E-state index contributed by atoms with van der Waals surface area (Å²) in [6.07, 6.45) is -5.62. The van der Waals surface area contributed by atoms with Crippen LogP contribution in [-0.4, -0.2) is 19.1 Å². The zero-order valence-corrected chi connectivity index (χ0v) is 12.5. The maximum atomic E-state index is 13.7. The molecule has 1 aromatic rings. The van der Waals surface area contributed by atoms with Gasteiger partial charge in [0.2, 0.25) is 0 Å². The Bertz CT molecular complexity index is 563. The highest BCUT2D eigenvalue weighted by Gasteiger charge is 2.38. The Morgan fingerprint density at radius 1 is 1.36 bits per heavy atom. The van der Waals surface area contributed by atoms with Gasteiger partial charge in [-0.2, -0.15) is 0 Å². The summed E-state index contributed by atoms with van der Waals surface area (Å²) in [5.74, 6) is -2.07. The number of carbonyl (C=O) groups excluding carboxylic acids is 1. The first-order valence-corrected chi connectivity index (χ1v) is 6.07. The van der Waals surface area contributed by atoms with Crippen LogP contribution in [0.4, 0.5) is 22.4 Å². The van der Waals surface area contributed by atoms with Gasteiger partial charge in [0, 0.05) is 5.41 Å². The van der Waals surface area contributed by atoms with E-state index in [1.165, 1.54) is 6.07 Å². The Morgan fingerprint density at radius 3 is 2.55 bits per heavy atom. The molecule has 1 aliphatic rings. The first-order valence-electron chi connectivity index (χ1n) is 6.07. The molecule has 0 spiro atoms. The van der Waals surface area contributed by atoms with Crippen molar-refractivity contribution in [2.24, 2.45) is 5.41 Å². The minimum absolute atomic E-state index is 0. The Balaban J connectivity index is 0.00000242.